The van der Waals surface area contributed by atoms with Gasteiger partial charge in [0.15, 0.2) is 0 Å². The van der Waals surface area contributed by atoms with Crippen LogP contribution in [0.5, 0.6) is 5.75 Å². The van der Waals surface area contributed by atoms with E-state index in [1.165, 1.54) is 5.39 Å². The van der Waals surface area contributed by atoms with Crippen LogP contribution in [0.25, 0.3) is 10.9 Å². The molecule has 0 unspecified atom stereocenters. The zero-order chi connectivity index (χ0) is 11.7. The molecular formula is C14H18N2O. The van der Waals surface area contributed by atoms with Crippen LogP contribution in [0.15, 0.2) is 30.5 Å². The monoisotopic (exact) mass is 230 g/mol. The number of aromatic amines is 1. The molecule has 3 heteroatoms. The van der Waals surface area contributed by atoms with Crippen molar-refractivity contribution in [2.75, 3.05) is 13.1 Å². The number of H-pyrrole nitrogens is 1. The Labute approximate surface area is 101 Å². The van der Waals surface area contributed by atoms with Gasteiger partial charge in [-0.1, -0.05) is 0 Å². The van der Waals surface area contributed by atoms with E-state index in [1.807, 2.05) is 6.20 Å². The molecule has 1 aliphatic heterocycles. The fourth-order valence-electron chi connectivity index (χ4n) is 2.43. The SMILES string of the molecule is CC1(Oc2ccc3cc[nH]c3c2)CCNCC1. The zero-order valence-electron chi connectivity index (χ0n) is 10.1. The largest absolute Gasteiger partial charge is 0.487 e. The number of fused-ring (bicyclic) bond motifs is 1. The zero-order valence-corrected chi connectivity index (χ0v) is 10.1. The maximum atomic E-state index is 6.16. The van der Waals surface area contributed by atoms with Gasteiger partial charge in [0.2, 0.25) is 0 Å². The predicted octanol–water partition coefficient (Wildman–Crippen LogP) is 2.69. The van der Waals surface area contributed by atoms with Gasteiger partial charge in [0.05, 0.1) is 0 Å². The van der Waals surface area contributed by atoms with Gasteiger partial charge in [-0.25, -0.2) is 0 Å². The van der Waals surface area contributed by atoms with Crippen LogP contribution in [-0.2, 0) is 0 Å². The van der Waals surface area contributed by atoms with E-state index in [9.17, 15) is 0 Å². The summed E-state index contributed by atoms with van der Waals surface area (Å²) < 4.78 is 6.16. The van der Waals surface area contributed by atoms with E-state index in [-0.39, 0.29) is 5.60 Å². The maximum Gasteiger partial charge on any atom is 0.122 e. The fraction of sp³-hybridized carbons (Fsp3) is 0.429. The number of hydrogen-bond acceptors (Lipinski definition) is 2. The minimum absolute atomic E-state index is 0.0223. The summed E-state index contributed by atoms with van der Waals surface area (Å²) in [5.41, 5.74) is 1.12. The average molecular weight is 230 g/mol. The van der Waals surface area contributed by atoms with Gasteiger partial charge in [0.25, 0.3) is 0 Å². The van der Waals surface area contributed by atoms with Crippen LogP contribution in [0.3, 0.4) is 0 Å². The lowest BCUT2D eigenvalue weighted by molar-refractivity contribution is 0.0557. The molecule has 1 aromatic heterocycles. The first-order valence-electron chi connectivity index (χ1n) is 6.22. The molecule has 17 heavy (non-hydrogen) atoms. The number of ether oxygens (including phenoxy) is 1. The molecule has 0 spiro atoms. The third-order valence-electron chi connectivity index (χ3n) is 3.55. The second kappa shape index (κ2) is 4.08. The summed E-state index contributed by atoms with van der Waals surface area (Å²) in [7, 11) is 0. The first kappa shape index (κ1) is 10.7. The summed E-state index contributed by atoms with van der Waals surface area (Å²) in [6, 6.07) is 8.32. The predicted molar refractivity (Wildman–Crippen MR) is 69.4 cm³/mol. The summed E-state index contributed by atoms with van der Waals surface area (Å²) in [4.78, 5) is 3.22. The molecule has 0 aliphatic carbocycles. The van der Waals surface area contributed by atoms with Crippen molar-refractivity contribution >= 4 is 10.9 Å². The molecule has 1 fully saturated rings. The number of benzene rings is 1. The van der Waals surface area contributed by atoms with Crippen molar-refractivity contribution in [3.05, 3.63) is 30.5 Å². The topological polar surface area (TPSA) is 37.0 Å². The number of nitrogens with one attached hydrogen (secondary N) is 2. The van der Waals surface area contributed by atoms with E-state index in [4.69, 9.17) is 4.74 Å². The van der Waals surface area contributed by atoms with Crippen molar-refractivity contribution in [2.24, 2.45) is 0 Å². The van der Waals surface area contributed by atoms with E-state index in [2.05, 4.69) is 41.5 Å². The molecule has 0 amide bonds. The minimum Gasteiger partial charge on any atom is -0.487 e. The standard InChI is InChI=1S/C14H18N2O/c1-14(5-8-15-9-6-14)17-12-3-2-11-4-7-16-13(11)10-12/h2-4,7,10,15-16H,5-6,8-9H2,1H3. The molecule has 3 nitrogen and oxygen atoms in total. The molecule has 0 atom stereocenters. The van der Waals surface area contributed by atoms with Gasteiger partial charge < -0.3 is 15.0 Å². The van der Waals surface area contributed by atoms with Crippen LogP contribution < -0.4 is 10.1 Å². The second-order valence-corrected chi connectivity index (χ2v) is 5.03. The molecular weight excluding hydrogens is 212 g/mol. The molecule has 1 saturated heterocycles. The molecule has 90 valence electrons. The minimum atomic E-state index is -0.0223. The Morgan fingerprint density at radius 3 is 2.82 bits per heavy atom. The Morgan fingerprint density at radius 1 is 1.18 bits per heavy atom. The summed E-state index contributed by atoms with van der Waals surface area (Å²) in [6.45, 7) is 4.29. The molecule has 0 radical (unpaired) electrons. The average Bonchev–Trinajstić information content (AvgIpc) is 2.76. The Hall–Kier alpha value is -1.48. The van der Waals surface area contributed by atoms with E-state index in [0.29, 0.717) is 0 Å². The first-order valence-corrected chi connectivity index (χ1v) is 6.22. The molecule has 2 heterocycles. The third-order valence-corrected chi connectivity index (χ3v) is 3.55. The quantitative estimate of drug-likeness (QED) is 0.832. The van der Waals surface area contributed by atoms with Crippen molar-refractivity contribution in [3.63, 3.8) is 0 Å². The van der Waals surface area contributed by atoms with Gasteiger partial charge in [-0.3, -0.25) is 0 Å². The van der Waals surface area contributed by atoms with E-state index in [0.717, 1.165) is 37.2 Å². The molecule has 1 aliphatic rings. The normalized spacial score (nSPS) is 19.4. The Bertz CT molecular complexity index is 512. The van der Waals surface area contributed by atoms with Crippen LogP contribution >= 0.6 is 0 Å². The Morgan fingerprint density at radius 2 is 2.00 bits per heavy atom. The molecule has 2 aromatic rings. The second-order valence-electron chi connectivity index (χ2n) is 5.03. The van der Waals surface area contributed by atoms with E-state index >= 15 is 0 Å². The number of hydrogen-bond donors (Lipinski definition) is 2. The van der Waals surface area contributed by atoms with Crippen molar-refractivity contribution in [1.29, 1.82) is 0 Å². The van der Waals surface area contributed by atoms with E-state index < -0.39 is 0 Å². The van der Waals surface area contributed by atoms with Gasteiger partial charge in [-0.05, 0) is 56.4 Å². The highest BCUT2D eigenvalue weighted by atomic mass is 16.5. The molecule has 0 bridgehead atoms. The summed E-state index contributed by atoms with van der Waals surface area (Å²) in [5, 5.41) is 4.59. The van der Waals surface area contributed by atoms with Crippen molar-refractivity contribution < 1.29 is 4.74 Å². The van der Waals surface area contributed by atoms with Crippen molar-refractivity contribution in [2.45, 2.75) is 25.4 Å². The van der Waals surface area contributed by atoms with Crippen molar-refractivity contribution in [1.82, 2.24) is 10.3 Å². The summed E-state index contributed by atoms with van der Waals surface area (Å²) in [6.07, 6.45) is 4.09. The molecule has 3 rings (SSSR count). The maximum absolute atomic E-state index is 6.16. The highest BCUT2D eigenvalue weighted by Gasteiger charge is 2.28. The van der Waals surface area contributed by atoms with Gasteiger partial charge in [-0.15, -0.1) is 0 Å². The van der Waals surface area contributed by atoms with Crippen LogP contribution in [0, 0.1) is 0 Å². The lowest BCUT2D eigenvalue weighted by atomic mass is 9.94. The number of aromatic nitrogens is 1. The van der Waals surface area contributed by atoms with Crippen LogP contribution in [0.2, 0.25) is 0 Å². The smallest absolute Gasteiger partial charge is 0.122 e. The van der Waals surface area contributed by atoms with Gasteiger partial charge in [0.1, 0.15) is 11.4 Å². The Kier molecular flexibility index (Phi) is 2.56. The van der Waals surface area contributed by atoms with Gasteiger partial charge >= 0.3 is 0 Å². The first-order chi connectivity index (χ1) is 8.25. The highest BCUT2D eigenvalue weighted by molar-refractivity contribution is 5.80. The third kappa shape index (κ3) is 2.15. The fourth-order valence-corrected chi connectivity index (χ4v) is 2.43. The van der Waals surface area contributed by atoms with Gasteiger partial charge in [0, 0.05) is 17.8 Å². The highest BCUT2D eigenvalue weighted by Crippen LogP contribution is 2.28. The van der Waals surface area contributed by atoms with Crippen LogP contribution in [-0.4, -0.2) is 23.7 Å². The lowest BCUT2D eigenvalue weighted by Gasteiger charge is -2.34. The van der Waals surface area contributed by atoms with Gasteiger partial charge in [-0.2, -0.15) is 0 Å². The molecule has 0 saturated carbocycles. The lowest BCUT2D eigenvalue weighted by Crippen LogP contribution is -2.43. The van der Waals surface area contributed by atoms with Crippen LogP contribution in [0.1, 0.15) is 19.8 Å². The number of piperidine rings is 1. The molecule has 1 aromatic carbocycles. The summed E-state index contributed by atoms with van der Waals surface area (Å²) >= 11 is 0. The Balaban J connectivity index is 1.83. The molecule has 2 N–H and O–H groups in total. The van der Waals surface area contributed by atoms with Crippen LogP contribution in [0.4, 0.5) is 0 Å². The van der Waals surface area contributed by atoms with Crippen molar-refractivity contribution in [3.8, 4) is 5.75 Å². The summed E-state index contributed by atoms with van der Waals surface area (Å²) in [5.74, 6) is 0.962. The van der Waals surface area contributed by atoms with E-state index in [1.54, 1.807) is 0 Å². The number of rotatable bonds is 2.